The van der Waals surface area contributed by atoms with Crippen molar-refractivity contribution >= 4 is 34.1 Å². The molecule has 4 heteroatoms. The molecule has 0 spiro atoms. The Kier molecular flexibility index (Phi) is 3.67. The number of nitrogens with one attached hydrogen (secondary N) is 2. The Morgan fingerprint density at radius 2 is 1.90 bits per heavy atom. The second-order valence-corrected chi connectivity index (χ2v) is 5.36. The highest BCUT2D eigenvalue weighted by atomic mass is 35.5. The number of H-pyrrole nitrogens is 1. The van der Waals surface area contributed by atoms with Gasteiger partial charge in [0.05, 0.1) is 0 Å². The fourth-order valence-corrected chi connectivity index (χ4v) is 2.42. The van der Waals surface area contributed by atoms with Gasteiger partial charge in [-0.1, -0.05) is 36.7 Å². The number of hydrogen-bond acceptors (Lipinski definition) is 1. The summed E-state index contributed by atoms with van der Waals surface area (Å²) in [5.74, 6) is -0.161. The summed E-state index contributed by atoms with van der Waals surface area (Å²) in [6, 6.07) is 15.2. The molecule has 0 radical (unpaired) electrons. The van der Waals surface area contributed by atoms with Gasteiger partial charge in [-0.05, 0) is 42.3 Å². The van der Waals surface area contributed by atoms with Crippen molar-refractivity contribution < 1.29 is 4.79 Å². The molecule has 0 atom stereocenters. The number of benzene rings is 2. The Labute approximate surface area is 127 Å². The van der Waals surface area contributed by atoms with Gasteiger partial charge in [-0.2, -0.15) is 0 Å². The third kappa shape index (κ3) is 2.93. The maximum atomic E-state index is 12.2. The number of halogens is 1. The summed E-state index contributed by atoms with van der Waals surface area (Å²) in [5, 5.41) is 4.49. The standard InChI is InChI=1S/C17H15ClN2O/c1-2-11-3-7-14(8-4-11)19-17(21)16-9-12-5-6-13(18)10-15(12)20-16/h3-10,20H,2H2,1H3,(H,19,21). The van der Waals surface area contributed by atoms with E-state index < -0.39 is 0 Å². The number of aromatic nitrogens is 1. The summed E-state index contributed by atoms with van der Waals surface area (Å²) in [5.41, 5.74) is 3.41. The average molecular weight is 299 g/mol. The smallest absolute Gasteiger partial charge is 0.272 e. The van der Waals surface area contributed by atoms with Crippen LogP contribution in [0, 0.1) is 0 Å². The van der Waals surface area contributed by atoms with Crippen molar-refractivity contribution in [1.82, 2.24) is 4.98 Å². The van der Waals surface area contributed by atoms with Gasteiger partial charge in [0.2, 0.25) is 0 Å². The van der Waals surface area contributed by atoms with Crippen LogP contribution in [0.4, 0.5) is 5.69 Å². The summed E-state index contributed by atoms with van der Waals surface area (Å²) < 4.78 is 0. The van der Waals surface area contributed by atoms with Crippen molar-refractivity contribution in [2.24, 2.45) is 0 Å². The highest BCUT2D eigenvalue weighted by molar-refractivity contribution is 6.31. The summed E-state index contributed by atoms with van der Waals surface area (Å²) in [6.07, 6.45) is 0.983. The van der Waals surface area contributed by atoms with E-state index in [9.17, 15) is 4.79 Å². The Morgan fingerprint density at radius 1 is 1.14 bits per heavy atom. The third-order valence-electron chi connectivity index (χ3n) is 3.45. The van der Waals surface area contributed by atoms with Gasteiger partial charge in [-0.3, -0.25) is 4.79 Å². The molecule has 0 unspecified atom stereocenters. The van der Waals surface area contributed by atoms with Crippen LogP contribution in [-0.4, -0.2) is 10.9 Å². The maximum Gasteiger partial charge on any atom is 0.272 e. The first kappa shape index (κ1) is 13.7. The maximum absolute atomic E-state index is 12.2. The number of anilines is 1. The predicted octanol–water partition coefficient (Wildman–Crippen LogP) is 4.64. The Hall–Kier alpha value is -2.26. The van der Waals surface area contributed by atoms with Crippen molar-refractivity contribution in [3.05, 3.63) is 64.8 Å². The lowest BCUT2D eigenvalue weighted by molar-refractivity contribution is 0.102. The molecular formula is C17H15ClN2O. The number of fused-ring (bicyclic) bond motifs is 1. The van der Waals surface area contributed by atoms with Crippen LogP contribution in [-0.2, 0) is 6.42 Å². The SMILES string of the molecule is CCc1ccc(NC(=O)c2cc3ccc(Cl)cc3[nH]2)cc1. The molecule has 3 aromatic rings. The van der Waals surface area contributed by atoms with Crippen molar-refractivity contribution in [3.63, 3.8) is 0 Å². The third-order valence-corrected chi connectivity index (χ3v) is 3.68. The number of aromatic amines is 1. The van der Waals surface area contributed by atoms with E-state index in [1.54, 1.807) is 0 Å². The van der Waals surface area contributed by atoms with Gasteiger partial charge in [-0.15, -0.1) is 0 Å². The number of hydrogen-bond donors (Lipinski definition) is 2. The lowest BCUT2D eigenvalue weighted by Crippen LogP contribution is -2.12. The summed E-state index contributed by atoms with van der Waals surface area (Å²) in [4.78, 5) is 15.3. The van der Waals surface area contributed by atoms with E-state index in [1.807, 2.05) is 48.5 Å². The number of carbonyl (C=O) groups excluding carboxylic acids is 1. The molecule has 0 aliphatic heterocycles. The van der Waals surface area contributed by atoms with E-state index >= 15 is 0 Å². The zero-order valence-electron chi connectivity index (χ0n) is 11.6. The molecule has 3 rings (SSSR count). The molecule has 2 aromatic carbocycles. The van der Waals surface area contributed by atoms with E-state index in [2.05, 4.69) is 17.2 Å². The van der Waals surface area contributed by atoms with E-state index in [0.717, 1.165) is 23.0 Å². The van der Waals surface area contributed by atoms with Gasteiger partial charge in [0.15, 0.2) is 0 Å². The minimum Gasteiger partial charge on any atom is -0.350 e. The van der Waals surface area contributed by atoms with Crippen LogP contribution in [0.1, 0.15) is 23.0 Å². The summed E-state index contributed by atoms with van der Waals surface area (Å²) in [6.45, 7) is 2.10. The molecule has 21 heavy (non-hydrogen) atoms. The highest BCUT2D eigenvalue weighted by Crippen LogP contribution is 2.20. The lowest BCUT2D eigenvalue weighted by Gasteiger charge is -2.04. The summed E-state index contributed by atoms with van der Waals surface area (Å²) in [7, 11) is 0. The van der Waals surface area contributed by atoms with Crippen molar-refractivity contribution in [3.8, 4) is 0 Å². The molecule has 1 amide bonds. The topological polar surface area (TPSA) is 44.9 Å². The molecule has 0 saturated heterocycles. The van der Waals surface area contributed by atoms with Gasteiger partial charge in [-0.25, -0.2) is 0 Å². The van der Waals surface area contributed by atoms with Crippen LogP contribution >= 0.6 is 11.6 Å². The van der Waals surface area contributed by atoms with Crippen LogP contribution in [0.2, 0.25) is 5.02 Å². The van der Waals surface area contributed by atoms with E-state index in [0.29, 0.717) is 10.7 Å². The van der Waals surface area contributed by atoms with E-state index in [1.165, 1.54) is 5.56 Å². The van der Waals surface area contributed by atoms with Crippen LogP contribution < -0.4 is 5.32 Å². The largest absolute Gasteiger partial charge is 0.350 e. The van der Waals surface area contributed by atoms with Crippen LogP contribution in [0.5, 0.6) is 0 Å². The molecule has 1 heterocycles. The number of aryl methyl sites for hydroxylation is 1. The minimum absolute atomic E-state index is 0.161. The van der Waals surface area contributed by atoms with Gasteiger partial charge >= 0.3 is 0 Å². The molecule has 0 saturated carbocycles. The van der Waals surface area contributed by atoms with Crippen LogP contribution in [0.15, 0.2) is 48.5 Å². The Morgan fingerprint density at radius 3 is 2.62 bits per heavy atom. The number of rotatable bonds is 3. The fraction of sp³-hybridized carbons (Fsp3) is 0.118. The van der Waals surface area contributed by atoms with Gasteiger partial charge in [0.25, 0.3) is 5.91 Å². The molecule has 0 bridgehead atoms. The van der Waals surface area contributed by atoms with Gasteiger partial charge in [0, 0.05) is 21.6 Å². The first-order chi connectivity index (χ1) is 10.2. The number of amides is 1. The molecular weight excluding hydrogens is 284 g/mol. The normalized spacial score (nSPS) is 10.8. The molecule has 0 fully saturated rings. The van der Waals surface area contributed by atoms with E-state index in [4.69, 9.17) is 11.6 Å². The van der Waals surface area contributed by atoms with Crippen molar-refractivity contribution in [2.75, 3.05) is 5.32 Å². The first-order valence-corrected chi connectivity index (χ1v) is 7.22. The van der Waals surface area contributed by atoms with Crippen LogP contribution in [0.25, 0.3) is 10.9 Å². The van der Waals surface area contributed by atoms with Crippen molar-refractivity contribution in [2.45, 2.75) is 13.3 Å². The Balaban J connectivity index is 1.82. The zero-order chi connectivity index (χ0) is 14.8. The van der Waals surface area contributed by atoms with Gasteiger partial charge < -0.3 is 10.3 Å². The quantitative estimate of drug-likeness (QED) is 0.727. The van der Waals surface area contributed by atoms with E-state index in [-0.39, 0.29) is 5.91 Å². The monoisotopic (exact) mass is 298 g/mol. The molecule has 0 aliphatic rings. The van der Waals surface area contributed by atoms with Crippen molar-refractivity contribution in [1.29, 1.82) is 0 Å². The molecule has 0 aliphatic carbocycles. The lowest BCUT2D eigenvalue weighted by atomic mass is 10.1. The van der Waals surface area contributed by atoms with Crippen LogP contribution in [0.3, 0.4) is 0 Å². The second-order valence-electron chi connectivity index (χ2n) is 4.92. The zero-order valence-corrected chi connectivity index (χ0v) is 12.4. The molecule has 2 N–H and O–H groups in total. The second kappa shape index (κ2) is 5.62. The fourth-order valence-electron chi connectivity index (χ4n) is 2.24. The first-order valence-electron chi connectivity index (χ1n) is 6.84. The average Bonchev–Trinajstić information content (AvgIpc) is 2.91. The summed E-state index contributed by atoms with van der Waals surface area (Å²) >= 11 is 5.95. The molecule has 3 nitrogen and oxygen atoms in total. The van der Waals surface area contributed by atoms with Gasteiger partial charge in [0.1, 0.15) is 5.69 Å². The molecule has 106 valence electrons. The number of carbonyl (C=O) groups is 1. The highest BCUT2D eigenvalue weighted by Gasteiger charge is 2.10. The Bertz CT molecular complexity index is 790. The minimum atomic E-state index is -0.161. The molecule has 1 aromatic heterocycles. The predicted molar refractivity (Wildman–Crippen MR) is 87.1 cm³/mol.